The zero-order valence-electron chi connectivity index (χ0n) is 52.0. The summed E-state index contributed by atoms with van der Waals surface area (Å²) in [5, 5.41) is 16.1. The van der Waals surface area contributed by atoms with E-state index >= 15 is 4.79 Å². The number of phenols is 1. The Morgan fingerprint density at radius 2 is 0.833 bits per heavy atom. The lowest BCUT2D eigenvalue weighted by molar-refractivity contribution is 0.0730. The summed E-state index contributed by atoms with van der Waals surface area (Å²) in [5.74, 6) is 3.26. The van der Waals surface area contributed by atoms with Crippen molar-refractivity contribution in [1.29, 1.82) is 0 Å². The van der Waals surface area contributed by atoms with E-state index in [0.29, 0.717) is 74.5 Å². The fourth-order valence-electron chi connectivity index (χ4n) is 11.8. The van der Waals surface area contributed by atoms with E-state index in [4.69, 9.17) is 28.7 Å². The number of phenolic OH excluding ortho intramolecular Hbond substituents is 1. The number of carbonyl (C=O) groups excluding carboxylic acids is 1. The lowest BCUT2D eigenvalue weighted by Gasteiger charge is -2.29. The van der Waals surface area contributed by atoms with Crippen molar-refractivity contribution < 1.29 is 33.6 Å². The molecule has 1 heterocycles. The molecule has 1 aliphatic carbocycles. The van der Waals surface area contributed by atoms with E-state index in [1.807, 2.05) is 72.8 Å². The van der Waals surface area contributed by atoms with Crippen molar-refractivity contribution in [3.8, 4) is 45.6 Å². The van der Waals surface area contributed by atoms with Crippen molar-refractivity contribution in [3.05, 3.63) is 194 Å². The van der Waals surface area contributed by atoms with Crippen molar-refractivity contribution >= 4 is 38.4 Å². The second-order valence-electron chi connectivity index (χ2n) is 26.1. The first-order valence-corrected chi connectivity index (χ1v) is 30.6. The van der Waals surface area contributed by atoms with Crippen molar-refractivity contribution in [1.82, 2.24) is 4.98 Å². The summed E-state index contributed by atoms with van der Waals surface area (Å²) in [6, 6.07) is 43.4. The molecule has 0 atom stereocenters. The highest BCUT2D eigenvalue weighted by Gasteiger charge is 2.30. The molecule has 0 saturated carbocycles. The van der Waals surface area contributed by atoms with Crippen LogP contribution in [0.1, 0.15) is 187 Å². The molecule has 84 heavy (non-hydrogen) atoms. The number of aromatic hydroxyl groups is 1. The zero-order valence-corrected chi connectivity index (χ0v) is 52.0. The third-order valence-electron chi connectivity index (χ3n) is 16.2. The maximum atomic E-state index is 15.0. The second-order valence-corrected chi connectivity index (χ2v) is 26.1. The number of benzene rings is 8. The number of fused-ring (bicyclic) bond motifs is 12. The molecule has 0 radical (unpaired) electrons. The highest BCUT2D eigenvalue weighted by molar-refractivity contribution is 6.10. The Labute approximate surface area is 498 Å². The number of nitrogens with zero attached hydrogens (tertiary/aromatic N) is 1. The molecule has 0 unspecified atom stereocenters. The Hall–Kier alpha value is -7.84. The fraction of sp³-hybridized carbons (Fsp3) is 0.368. The number of hydrogen-bond acceptors (Lipinski definition) is 8. The van der Waals surface area contributed by atoms with Crippen LogP contribution in [0.2, 0.25) is 0 Å². The summed E-state index contributed by atoms with van der Waals surface area (Å²) < 4.78 is 34.8. The number of pyridine rings is 1. The number of esters is 1. The molecule has 8 heteroatoms. The summed E-state index contributed by atoms with van der Waals surface area (Å²) in [7, 11) is 0. The van der Waals surface area contributed by atoms with Crippen LogP contribution in [0.25, 0.3) is 43.6 Å². The highest BCUT2D eigenvalue weighted by atomic mass is 16.5. The van der Waals surface area contributed by atoms with E-state index in [1.54, 1.807) is 12.1 Å². The van der Waals surface area contributed by atoms with Crippen molar-refractivity contribution in [2.75, 3.05) is 26.4 Å². The number of carbonyl (C=O) groups is 1. The Morgan fingerprint density at radius 3 is 1.27 bits per heavy atom. The monoisotopic (exact) mass is 1120 g/mol. The third kappa shape index (κ3) is 12.4. The largest absolute Gasteiger partial charge is 0.507 e. The first kappa shape index (κ1) is 59.3. The molecular weight excluding hydrogens is 1040 g/mol. The maximum Gasteiger partial charge on any atom is 0.362 e. The molecule has 8 aromatic carbocycles. The van der Waals surface area contributed by atoms with Gasteiger partial charge in [-0.3, -0.25) is 0 Å². The fourth-order valence-corrected chi connectivity index (χ4v) is 11.8. The second kappa shape index (κ2) is 24.4. The standard InChI is InChI=1S/C76H85NO7/c1-14-32-80-69-49-36-50-40-57(75(8,9)10)43-53(70(50)81-33-15-2)38-54-46-64-61(28-29-63(77-64)73(79)84-66-31-27-48-23-19-21-25-60(48)68(66)67-59-24-20-18-22-47(59)26-30-65(67)78)62(72(54)83-35-17-4)45-55-44-58(76(11,12)13)42-52(71(55)82-34-16-3)37-51(69)41-56(39-49)74(5,6)7/h18-31,39-44,46,78H,14-17,32-38,45H2,1-13H3. The van der Waals surface area contributed by atoms with Gasteiger partial charge in [-0.1, -0.05) is 187 Å². The van der Waals surface area contributed by atoms with E-state index in [9.17, 15) is 5.11 Å². The summed E-state index contributed by atoms with van der Waals surface area (Å²) in [4.78, 5) is 20.3. The van der Waals surface area contributed by atoms with Crippen LogP contribution in [0.5, 0.6) is 34.5 Å². The Balaban J connectivity index is 1.25. The van der Waals surface area contributed by atoms with Crippen molar-refractivity contribution in [3.63, 3.8) is 0 Å². The Kier molecular flexibility index (Phi) is 17.2. The number of ether oxygens (including phenoxy) is 5. The van der Waals surface area contributed by atoms with Crippen LogP contribution < -0.4 is 23.7 Å². The van der Waals surface area contributed by atoms with Gasteiger partial charge in [0.05, 0.1) is 31.9 Å². The Morgan fingerprint density at radius 1 is 0.440 bits per heavy atom. The SMILES string of the molecule is CCCOc1c2cc(C(C)(C)C)cc1Cc1cc(C(C)(C)C)cc(c1OCCC)Cc1c(OCCC)c(cc3nc(C(=O)Oc4ccc5ccccc5c4-c4c(O)ccc5ccccc45)ccc13)Cc1cc(C(C)(C)C)cc(c1OCCC)C2. The average Bonchev–Trinajstić information content (AvgIpc) is 2.98. The van der Waals surface area contributed by atoms with E-state index in [-0.39, 0.29) is 27.7 Å². The normalized spacial score (nSPS) is 12.9. The van der Waals surface area contributed by atoms with Crippen molar-refractivity contribution in [2.24, 2.45) is 0 Å². The van der Waals surface area contributed by atoms with Crippen LogP contribution in [0.3, 0.4) is 0 Å². The molecule has 436 valence electrons. The van der Waals surface area contributed by atoms with Crippen LogP contribution >= 0.6 is 0 Å². The molecule has 1 N–H and O–H groups in total. The lowest BCUT2D eigenvalue weighted by atomic mass is 9.80. The minimum absolute atomic E-state index is 0.0885. The van der Waals surface area contributed by atoms with Crippen LogP contribution in [0.15, 0.2) is 127 Å². The molecule has 0 spiro atoms. The molecule has 0 fully saturated rings. The predicted molar refractivity (Wildman–Crippen MR) is 345 cm³/mol. The van der Waals surface area contributed by atoms with Gasteiger partial charge in [0.25, 0.3) is 0 Å². The van der Waals surface area contributed by atoms with Crippen LogP contribution in [0, 0.1) is 0 Å². The maximum absolute atomic E-state index is 15.0. The zero-order chi connectivity index (χ0) is 59.7. The van der Waals surface area contributed by atoms with Gasteiger partial charge in [0.15, 0.2) is 0 Å². The molecular formula is C76H85NO7. The molecule has 8 bridgehead atoms. The number of hydrogen-bond donors (Lipinski definition) is 1. The van der Waals surface area contributed by atoms with Gasteiger partial charge in [-0.2, -0.15) is 0 Å². The summed E-state index contributed by atoms with van der Waals surface area (Å²) in [6.07, 6.45) is 5.44. The predicted octanol–water partition coefficient (Wildman–Crippen LogP) is 18.9. The summed E-state index contributed by atoms with van der Waals surface area (Å²) in [5.41, 5.74) is 13.5. The molecule has 1 aliphatic rings. The van der Waals surface area contributed by atoms with E-state index in [2.05, 4.69) is 132 Å². The Bertz CT molecular complexity index is 3920. The summed E-state index contributed by atoms with van der Waals surface area (Å²) >= 11 is 0. The number of rotatable bonds is 15. The number of aromatic nitrogens is 1. The molecule has 10 rings (SSSR count). The quantitative estimate of drug-likeness (QED) is 0.0801. The van der Waals surface area contributed by atoms with Gasteiger partial charge in [-0.25, -0.2) is 9.78 Å². The van der Waals surface area contributed by atoms with Gasteiger partial charge in [-0.05, 0) is 144 Å². The molecule has 0 saturated heterocycles. The van der Waals surface area contributed by atoms with Gasteiger partial charge in [0, 0.05) is 53.3 Å². The third-order valence-corrected chi connectivity index (χ3v) is 16.2. The van der Waals surface area contributed by atoms with Crippen LogP contribution in [-0.2, 0) is 41.9 Å². The molecule has 9 aromatic rings. The molecule has 0 aliphatic heterocycles. The minimum Gasteiger partial charge on any atom is -0.507 e. The summed E-state index contributed by atoms with van der Waals surface area (Å²) in [6.45, 7) is 31.4. The van der Waals surface area contributed by atoms with Gasteiger partial charge in [-0.15, -0.1) is 0 Å². The molecule has 0 amide bonds. The molecule has 1 aromatic heterocycles. The van der Waals surface area contributed by atoms with E-state index in [1.165, 1.54) is 16.7 Å². The van der Waals surface area contributed by atoms with Gasteiger partial charge < -0.3 is 28.8 Å². The first-order valence-electron chi connectivity index (χ1n) is 30.6. The highest BCUT2D eigenvalue weighted by Crippen LogP contribution is 2.48. The van der Waals surface area contributed by atoms with Gasteiger partial charge in [0.1, 0.15) is 40.2 Å². The van der Waals surface area contributed by atoms with E-state index in [0.717, 1.165) is 120 Å². The van der Waals surface area contributed by atoms with Gasteiger partial charge >= 0.3 is 5.97 Å². The van der Waals surface area contributed by atoms with E-state index < -0.39 is 5.97 Å². The van der Waals surface area contributed by atoms with Crippen LogP contribution in [-0.4, -0.2) is 42.5 Å². The van der Waals surface area contributed by atoms with Crippen LogP contribution in [0.4, 0.5) is 0 Å². The average molecular weight is 1120 g/mol. The first-order chi connectivity index (χ1) is 40.2. The minimum atomic E-state index is -0.618. The smallest absolute Gasteiger partial charge is 0.362 e. The van der Waals surface area contributed by atoms with Gasteiger partial charge in [0.2, 0.25) is 0 Å². The van der Waals surface area contributed by atoms with Crippen molar-refractivity contribution in [2.45, 2.75) is 158 Å². The lowest BCUT2D eigenvalue weighted by Crippen LogP contribution is -2.17. The molecule has 8 nitrogen and oxygen atoms in total. The topological polar surface area (TPSA) is 96.3 Å².